The summed E-state index contributed by atoms with van der Waals surface area (Å²) in [6, 6.07) is 16.5. The van der Waals surface area contributed by atoms with Crippen LogP contribution in [0.25, 0.3) is 0 Å². The lowest BCUT2D eigenvalue weighted by Crippen LogP contribution is -2.53. The summed E-state index contributed by atoms with van der Waals surface area (Å²) in [7, 11) is 0. The van der Waals surface area contributed by atoms with Crippen molar-refractivity contribution in [3.8, 4) is 0 Å². The zero-order chi connectivity index (χ0) is 31.6. The summed E-state index contributed by atoms with van der Waals surface area (Å²) in [5.74, 6) is -1.40. The molecule has 5 nitrogen and oxygen atoms in total. The Hall–Kier alpha value is -3.64. The maximum atomic E-state index is 13.8. The van der Waals surface area contributed by atoms with Crippen LogP contribution in [0.15, 0.2) is 72.8 Å². The van der Waals surface area contributed by atoms with E-state index in [0.29, 0.717) is 43.8 Å². The maximum Gasteiger partial charge on any atom is 0.416 e. The Kier molecular flexibility index (Phi) is 9.22. The molecule has 1 amide bonds. The lowest BCUT2D eigenvalue weighted by Gasteiger charge is -2.43. The van der Waals surface area contributed by atoms with Crippen LogP contribution < -0.4 is 4.90 Å². The number of rotatable bonds is 7. The molecule has 2 saturated heterocycles. The zero-order valence-electron chi connectivity index (χ0n) is 23.7. The fourth-order valence-electron chi connectivity index (χ4n) is 5.82. The van der Waals surface area contributed by atoms with Crippen LogP contribution in [0.4, 0.5) is 36.4 Å². The number of carbonyl (C=O) groups is 1. The Bertz CT molecular complexity index is 1400. The first-order valence-corrected chi connectivity index (χ1v) is 14.2. The molecule has 236 valence electrons. The summed E-state index contributed by atoms with van der Waals surface area (Å²) in [5, 5.41) is 0. The number of carbonyl (C=O) groups excluding carboxylic acids is 1. The number of hydrogen-bond acceptors (Lipinski definition) is 4. The van der Waals surface area contributed by atoms with Gasteiger partial charge in [-0.05, 0) is 72.9 Å². The molecule has 5 rings (SSSR count). The molecule has 0 radical (unpaired) electrons. The molecular weight excluding hydrogens is 593 g/mol. The van der Waals surface area contributed by atoms with Gasteiger partial charge in [-0.3, -0.25) is 4.79 Å². The highest BCUT2D eigenvalue weighted by Crippen LogP contribution is 2.42. The number of alkyl halides is 6. The average Bonchev–Trinajstić information content (AvgIpc) is 2.98. The van der Waals surface area contributed by atoms with Crippen LogP contribution in [-0.2, 0) is 26.6 Å². The van der Waals surface area contributed by atoms with Crippen molar-refractivity contribution in [2.75, 3.05) is 37.7 Å². The standard InChI is InChI=1S/C32H31F7N2O3/c1-20(23-15-24(31(34,35)36)17-25(16-23)32(37,38)39)44-30-29(21-7-9-26(33)10-8-21)22(11-14-43-30)18-41-13-12-40(19-28(41)42)27-5-3-2-4-6-27/h2-10,15-17,20,22,29-30H,11-14,18-19H2,1H3/t20-,22+,29+,30-/m1/s1. The molecule has 0 saturated carbocycles. The molecule has 3 aromatic rings. The Morgan fingerprint density at radius 1 is 0.909 bits per heavy atom. The van der Waals surface area contributed by atoms with E-state index in [1.165, 1.54) is 19.1 Å². The first-order valence-electron chi connectivity index (χ1n) is 14.2. The van der Waals surface area contributed by atoms with E-state index in [2.05, 4.69) is 0 Å². The molecule has 2 aliphatic heterocycles. The fraction of sp³-hybridized carbons (Fsp3) is 0.406. The van der Waals surface area contributed by atoms with Crippen LogP contribution in [0.1, 0.15) is 47.6 Å². The second-order valence-corrected chi connectivity index (χ2v) is 11.1. The Morgan fingerprint density at radius 2 is 1.55 bits per heavy atom. The summed E-state index contributed by atoms with van der Waals surface area (Å²) < 4.78 is 107. The van der Waals surface area contributed by atoms with E-state index in [0.717, 1.165) is 5.69 Å². The second kappa shape index (κ2) is 12.8. The summed E-state index contributed by atoms with van der Waals surface area (Å²) in [6.45, 7) is 3.11. The van der Waals surface area contributed by atoms with Gasteiger partial charge in [-0.25, -0.2) is 4.39 Å². The smallest absolute Gasteiger partial charge is 0.360 e. The van der Waals surface area contributed by atoms with Crippen molar-refractivity contribution in [2.24, 2.45) is 5.92 Å². The molecule has 12 heteroatoms. The van der Waals surface area contributed by atoms with Crippen LogP contribution in [0.3, 0.4) is 0 Å². The van der Waals surface area contributed by atoms with Crippen molar-refractivity contribution in [2.45, 2.75) is 44.0 Å². The SMILES string of the molecule is C[C@@H](O[C@H]1OCC[C@@H](CN2CCN(c3ccccc3)CC2=O)[C@@H]1c1ccc(F)cc1)c1cc(C(F)(F)F)cc(C(F)(F)F)c1. The van der Waals surface area contributed by atoms with E-state index in [1.54, 1.807) is 17.0 Å². The molecule has 44 heavy (non-hydrogen) atoms. The van der Waals surface area contributed by atoms with Crippen molar-refractivity contribution in [3.05, 3.63) is 101 Å². The molecule has 2 fully saturated rings. The van der Waals surface area contributed by atoms with Crippen LogP contribution >= 0.6 is 0 Å². The molecular formula is C32H31F7N2O3. The molecule has 2 heterocycles. The van der Waals surface area contributed by atoms with Gasteiger partial charge in [0.2, 0.25) is 5.91 Å². The molecule has 2 aliphatic rings. The van der Waals surface area contributed by atoms with Crippen LogP contribution in [0.5, 0.6) is 0 Å². The van der Waals surface area contributed by atoms with Gasteiger partial charge in [0.25, 0.3) is 0 Å². The predicted molar refractivity (Wildman–Crippen MR) is 148 cm³/mol. The van der Waals surface area contributed by atoms with Crippen molar-refractivity contribution < 1.29 is 45.0 Å². The summed E-state index contributed by atoms with van der Waals surface area (Å²) in [6.07, 6.45) is -11.8. The lowest BCUT2D eigenvalue weighted by atomic mass is 9.81. The first kappa shape index (κ1) is 31.8. The third-order valence-corrected chi connectivity index (χ3v) is 8.14. The van der Waals surface area contributed by atoms with Crippen LogP contribution in [0.2, 0.25) is 0 Å². The van der Waals surface area contributed by atoms with Crippen molar-refractivity contribution in [3.63, 3.8) is 0 Å². The number of piperazine rings is 1. The number of para-hydroxylation sites is 1. The van der Waals surface area contributed by atoms with Gasteiger partial charge >= 0.3 is 12.4 Å². The van der Waals surface area contributed by atoms with Gasteiger partial charge in [0, 0.05) is 31.2 Å². The Labute approximate surface area is 250 Å². The fourth-order valence-corrected chi connectivity index (χ4v) is 5.82. The quantitative estimate of drug-likeness (QED) is 0.257. The molecule has 0 aromatic heterocycles. The van der Waals surface area contributed by atoms with E-state index in [9.17, 15) is 35.5 Å². The number of nitrogens with zero attached hydrogens (tertiary/aromatic N) is 2. The van der Waals surface area contributed by atoms with Crippen molar-refractivity contribution in [1.29, 1.82) is 0 Å². The minimum absolute atomic E-state index is 0.0687. The minimum atomic E-state index is -5.00. The summed E-state index contributed by atoms with van der Waals surface area (Å²) >= 11 is 0. The number of ether oxygens (including phenoxy) is 2. The highest BCUT2D eigenvalue weighted by atomic mass is 19.4. The number of hydrogen-bond donors (Lipinski definition) is 0. The summed E-state index contributed by atoms with van der Waals surface area (Å²) in [5.41, 5.74) is -1.65. The number of benzene rings is 3. The maximum absolute atomic E-state index is 13.8. The third kappa shape index (κ3) is 7.35. The Morgan fingerprint density at radius 3 is 2.14 bits per heavy atom. The van der Waals surface area contributed by atoms with Gasteiger partial charge in [-0.1, -0.05) is 30.3 Å². The van der Waals surface area contributed by atoms with Crippen molar-refractivity contribution >= 4 is 11.6 Å². The second-order valence-electron chi connectivity index (χ2n) is 11.1. The minimum Gasteiger partial charge on any atom is -0.360 e. The van der Waals surface area contributed by atoms with Crippen LogP contribution in [-0.4, -0.2) is 49.9 Å². The largest absolute Gasteiger partial charge is 0.416 e. The van der Waals surface area contributed by atoms with E-state index >= 15 is 0 Å². The highest BCUT2D eigenvalue weighted by Gasteiger charge is 2.41. The summed E-state index contributed by atoms with van der Waals surface area (Å²) in [4.78, 5) is 16.9. The van der Waals surface area contributed by atoms with Gasteiger partial charge < -0.3 is 19.3 Å². The number of halogens is 7. The third-order valence-electron chi connectivity index (χ3n) is 8.14. The molecule has 0 unspecified atom stereocenters. The van der Waals surface area contributed by atoms with Gasteiger partial charge in [0.05, 0.1) is 30.4 Å². The van der Waals surface area contributed by atoms with Crippen LogP contribution in [0, 0.1) is 11.7 Å². The first-order chi connectivity index (χ1) is 20.8. The van der Waals surface area contributed by atoms with Gasteiger partial charge in [-0.15, -0.1) is 0 Å². The van der Waals surface area contributed by atoms with Gasteiger partial charge in [0.1, 0.15) is 5.82 Å². The normalized spacial score (nSPS) is 22.3. The van der Waals surface area contributed by atoms with E-state index in [1.807, 2.05) is 35.2 Å². The molecule has 0 aliphatic carbocycles. The highest BCUT2D eigenvalue weighted by molar-refractivity contribution is 5.82. The van der Waals surface area contributed by atoms with Crippen molar-refractivity contribution in [1.82, 2.24) is 4.90 Å². The number of anilines is 1. The van der Waals surface area contributed by atoms with E-state index < -0.39 is 47.6 Å². The zero-order valence-corrected chi connectivity index (χ0v) is 23.7. The van der Waals surface area contributed by atoms with Gasteiger partial charge in [0.15, 0.2) is 6.29 Å². The topological polar surface area (TPSA) is 42.0 Å². The number of amides is 1. The molecule has 3 aromatic carbocycles. The average molecular weight is 625 g/mol. The molecule has 0 spiro atoms. The molecule has 0 N–H and O–H groups in total. The van der Waals surface area contributed by atoms with E-state index in [4.69, 9.17) is 9.47 Å². The monoisotopic (exact) mass is 624 g/mol. The van der Waals surface area contributed by atoms with Gasteiger partial charge in [-0.2, -0.15) is 26.3 Å². The predicted octanol–water partition coefficient (Wildman–Crippen LogP) is 7.44. The Balaban J connectivity index is 1.38. The lowest BCUT2D eigenvalue weighted by molar-refractivity contribution is -0.210. The van der Waals surface area contributed by atoms with E-state index in [-0.39, 0.29) is 36.6 Å². The molecule has 4 atom stereocenters. The molecule has 0 bridgehead atoms.